The van der Waals surface area contributed by atoms with Gasteiger partial charge in [0.1, 0.15) is 0 Å². The largest absolute Gasteiger partial charge is 0.465 e. The van der Waals surface area contributed by atoms with Gasteiger partial charge in [0, 0.05) is 22.9 Å². The second-order valence-electron chi connectivity index (χ2n) is 6.00. The number of halogens is 10. The Morgan fingerprint density at radius 2 is 1.03 bits per heavy atom. The monoisotopic (exact) mass is 629 g/mol. The number of esters is 1. The van der Waals surface area contributed by atoms with Gasteiger partial charge in [0.25, 0.3) is 0 Å². The van der Waals surface area contributed by atoms with Crippen LogP contribution in [0.2, 0.25) is 50.2 Å². The maximum absolute atomic E-state index is 12.2. The average Bonchev–Trinajstić information content (AvgIpc) is 2.79. The first-order valence-corrected chi connectivity index (χ1v) is 11.8. The molecule has 0 saturated heterocycles. The highest BCUT2D eigenvalue weighted by atomic mass is 35.5. The van der Waals surface area contributed by atoms with E-state index in [1.807, 2.05) is 0 Å². The van der Waals surface area contributed by atoms with Gasteiger partial charge in [-0.25, -0.2) is 4.79 Å². The van der Waals surface area contributed by atoms with Gasteiger partial charge in [0.15, 0.2) is 0 Å². The zero-order chi connectivity index (χ0) is 24.1. The molecule has 2 aromatic carbocycles. The van der Waals surface area contributed by atoms with Gasteiger partial charge in [-0.3, -0.25) is 4.98 Å². The lowest BCUT2D eigenvalue weighted by atomic mass is 9.97. The van der Waals surface area contributed by atoms with E-state index in [0.717, 1.165) is 0 Å². The Bertz CT molecular complexity index is 1230. The summed E-state index contributed by atoms with van der Waals surface area (Å²) in [4.78, 5) is 16.5. The van der Waals surface area contributed by atoms with Crippen molar-refractivity contribution in [1.82, 2.24) is 4.98 Å². The van der Waals surface area contributed by atoms with Crippen molar-refractivity contribution in [3.63, 3.8) is 0 Å². The van der Waals surface area contributed by atoms with Crippen molar-refractivity contribution < 1.29 is 9.53 Å². The van der Waals surface area contributed by atoms with Crippen LogP contribution in [0.1, 0.15) is 10.4 Å². The zero-order valence-corrected chi connectivity index (χ0v) is 22.8. The summed E-state index contributed by atoms with van der Waals surface area (Å²) in [5, 5.41) is -0.600. The van der Waals surface area contributed by atoms with Gasteiger partial charge in [-0.15, -0.1) is 0 Å². The van der Waals surface area contributed by atoms with E-state index >= 15 is 0 Å². The van der Waals surface area contributed by atoms with Crippen LogP contribution in [0.15, 0.2) is 12.3 Å². The Morgan fingerprint density at radius 1 is 0.656 bits per heavy atom. The summed E-state index contributed by atoms with van der Waals surface area (Å²) in [5.74, 6) is -0.687. The predicted molar refractivity (Wildman–Crippen MR) is 137 cm³/mol. The first-order valence-electron chi connectivity index (χ1n) is 8.05. The van der Waals surface area contributed by atoms with Crippen LogP contribution < -0.4 is 0 Å². The Morgan fingerprint density at radius 3 is 1.44 bits per heavy atom. The number of rotatable bonds is 3. The molecule has 0 N–H and O–H groups in total. The number of carbonyl (C=O) groups is 1. The maximum atomic E-state index is 12.2. The maximum Gasteiger partial charge on any atom is 0.339 e. The highest BCUT2D eigenvalue weighted by molar-refractivity contribution is 6.58. The van der Waals surface area contributed by atoms with Crippen LogP contribution in [0, 0.1) is 0 Å². The lowest BCUT2D eigenvalue weighted by Crippen LogP contribution is -2.04. The molecule has 0 fully saturated rings. The number of ether oxygens (including phenoxy) is 1. The minimum Gasteiger partial charge on any atom is -0.465 e. The number of hydrogen-bond donors (Lipinski definition) is 0. The smallest absolute Gasteiger partial charge is 0.339 e. The molecule has 32 heavy (non-hydrogen) atoms. The second kappa shape index (κ2) is 10.3. The molecule has 0 unspecified atom stereocenters. The molecule has 3 aromatic rings. The Hall–Kier alpha value is -0.0400. The third-order valence-corrected chi connectivity index (χ3v) is 8.79. The SMILES string of the molecule is COC(=O)c1cnc(-c2c(Cl)c(Cl)c(Cl)c(Cl)c2Cl)c(-c2c(Cl)c(Cl)c(Cl)c(Cl)c2Cl)c1. The number of pyridine rings is 1. The van der Waals surface area contributed by atoms with E-state index in [1.165, 1.54) is 19.4 Å². The summed E-state index contributed by atoms with van der Waals surface area (Å²) in [5.41, 5.74) is 0.538. The van der Waals surface area contributed by atoms with Crippen molar-refractivity contribution in [3.8, 4) is 22.4 Å². The third kappa shape index (κ3) is 4.47. The zero-order valence-electron chi connectivity index (χ0n) is 15.2. The van der Waals surface area contributed by atoms with Gasteiger partial charge in [0.05, 0.1) is 68.6 Å². The number of nitrogens with zero attached hydrogens (tertiary/aromatic N) is 1. The Balaban J connectivity index is 2.53. The number of benzene rings is 2. The van der Waals surface area contributed by atoms with Crippen LogP contribution in [-0.2, 0) is 4.74 Å². The first-order chi connectivity index (χ1) is 14.9. The van der Waals surface area contributed by atoms with Gasteiger partial charge < -0.3 is 4.74 Å². The van der Waals surface area contributed by atoms with E-state index in [9.17, 15) is 4.79 Å². The summed E-state index contributed by atoms with van der Waals surface area (Å²) < 4.78 is 4.77. The molecule has 0 saturated carbocycles. The van der Waals surface area contributed by atoms with Crippen LogP contribution >= 0.6 is 116 Å². The Labute approximate surface area is 232 Å². The molecular formula is C19H5Cl10NO2. The highest BCUT2D eigenvalue weighted by Gasteiger charge is 2.28. The molecule has 3 rings (SSSR count). The van der Waals surface area contributed by atoms with E-state index in [4.69, 9.17) is 121 Å². The molecule has 0 bridgehead atoms. The molecule has 0 aliphatic heterocycles. The summed E-state index contributed by atoms with van der Waals surface area (Å²) in [6, 6.07) is 1.39. The number of hydrogen-bond acceptors (Lipinski definition) is 3. The first kappa shape index (κ1) is 26.6. The lowest BCUT2D eigenvalue weighted by Gasteiger charge is -2.19. The van der Waals surface area contributed by atoms with Gasteiger partial charge in [-0.1, -0.05) is 116 Å². The summed E-state index contributed by atoms with van der Waals surface area (Å²) >= 11 is 62.9. The topological polar surface area (TPSA) is 39.2 Å². The molecule has 0 aliphatic rings. The molecule has 3 nitrogen and oxygen atoms in total. The van der Waals surface area contributed by atoms with Gasteiger partial charge in [-0.2, -0.15) is 0 Å². The van der Waals surface area contributed by atoms with Crippen molar-refractivity contribution in [3.05, 3.63) is 68.1 Å². The fourth-order valence-corrected chi connectivity index (χ4v) is 5.40. The average molecular weight is 634 g/mol. The van der Waals surface area contributed by atoms with E-state index in [1.54, 1.807) is 0 Å². The second-order valence-corrected chi connectivity index (χ2v) is 9.78. The molecule has 0 amide bonds. The van der Waals surface area contributed by atoms with Crippen molar-refractivity contribution >= 4 is 122 Å². The van der Waals surface area contributed by atoms with Crippen LogP contribution in [0.3, 0.4) is 0 Å². The Kier molecular flexibility index (Phi) is 8.54. The van der Waals surface area contributed by atoms with Crippen LogP contribution in [0.5, 0.6) is 0 Å². The molecular weight excluding hydrogens is 629 g/mol. The molecule has 1 heterocycles. The molecule has 0 atom stereocenters. The predicted octanol–water partition coefficient (Wildman–Crippen LogP) is 10.7. The quantitative estimate of drug-likeness (QED) is 0.164. The minimum absolute atomic E-state index is 0.0477. The normalized spacial score (nSPS) is 11.1. The van der Waals surface area contributed by atoms with Gasteiger partial charge >= 0.3 is 5.97 Å². The fraction of sp³-hybridized carbons (Fsp3) is 0.0526. The van der Waals surface area contributed by atoms with E-state index in [0.29, 0.717) is 0 Å². The molecule has 0 spiro atoms. The summed E-state index contributed by atoms with van der Waals surface area (Å²) in [6.07, 6.45) is 1.23. The van der Waals surface area contributed by atoms with Crippen molar-refractivity contribution in [2.24, 2.45) is 0 Å². The number of carbonyl (C=O) groups excluding carboxylic acids is 1. The van der Waals surface area contributed by atoms with Crippen LogP contribution in [-0.4, -0.2) is 18.1 Å². The number of aromatic nitrogens is 1. The standard InChI is InChI=1S/C19H5Cl10NO2/c1-32-19(31)4-2-5(6-8(20)12(24)16(28)13(25)9(6)21)18(30-3-4)7-10(22)14(26)17(29)15(27)11(7)23/h2-3H,1H3. The molecule has 168 valence electrons. The van der Waals surface area contributed by atoms with Gasteiger partial charge in [0.2, 0.25) is 0 Å². The van der Waals surface area contributed by atoms with Crippen molar-refractivity contribution in [2.45, 2.75) is 0 Å². The van der Waals surface area contributed by atoms with Crippen LogP contribution in [0.4, 0.5) is 0 Å². The lowest BCUT2D eigenvalue weighted by molar-refractivity contribution is 0.0600. The highest BCUT2D eigenvalue weighted by Crippen LogP contribution is 2.53. The van der Waals surface area contributed by atoms with E-state index in [-0.39, 0.29) is 78.2 Å². The van der Waals surface area contributed by atoms with E-state index in [2.05, 4.69) is 4.98 Å². The van der Waals surface area contributed by atoms with Crippen LogP contribution in [0.25, 0.3) is 22.4 Å². The van der Waals surface area contributed by atoms with Crippen molar-refractivity contribution in [2.75, 3.05) is 7.11 Å². The van der Waals surface area contributed by atoms with E-state index < -0.39 is 5.97 Å². The molecule has 0 radical (unpaired) electrons. The summed E-state index contributed by atoms with van der Waals surface area (Å²) in [7, 11) is 1.21. The minimum atomic E-state index is -0.687. The molecule has 0 aliphatic carbocycles. The fourth-order valence-electron chi connectivity index (χ4n) is 2.74. The molecule has 1 aromatic heterocycles. The van der Waals surface area contributed by atoms with Crippen molar-refractivity contribution in [1.29, 1.82) is 0 Å². The summed E-state index contributed by atoms with van der Waals surface area (Å²) in [6.45, 7) is 0. The molecule has 13 heteroatoms. The third-order valence-electron chi connectivity index (χ3n) is 4.23. The van der Waals surface area contributed by atoms with Gasteiger partial charge in [-0.05, 0) is 6.07 Å². The number of methoxy groups -OCH3 is 1.